The van der Waals surface area contributed by atoms with E-state index in [1.807, 2.05) is 0 Å². The first-order valence-corrected chi connectivity index (χ1v) is 6.88. The van der Waals surface area contributed by atoms with Gasteiger partial charge in [-0.05, 0) is 13.5 Å². The molecule has 19 heavy (non-hydrogen) atoms. The van der Waals surface area contributed by atoms with Gasteiger partial charge in [-0.1, -0.05) is 0 Å². The number of nitrogens with two attached hydrogens (primary N) is 1. The predicted molar refractivity (Wildman–Crippen MR) is 74.3 cm³/mol. The number of rotatable bonds is 2. The molecule has 6 heteroatoms. The number of anilines is 2. The number of hydrogen-bond acceptors (Lipinski definition) is 6. The van der Waals surface area contributed by atoms with Gasteiger partial charge in [0.2, 0.25) is 5.95 Å². The van der Waals surface area contributed by atoms with E-state index in [-0.39, 0.29) is 0 Å². The number of likely N-dealkylation sites (N-methyl/N-ethyl adjacent to an activating group) is 1. The Hall–Kier alpha value is -1.40. The Balaban J connectivity index is 1.80. The minimum atomic E-state index is 0.372. The normalized spacial score (nSPS) is 24.9. The van der Waals surface area contributed by atoms with Crippen LogP contribution in [0.5, 0.6) is 0 Å². The summed E-state index contributed by atoms with van der Waals surface area (Å²) in [4.78, 5) is 13.4. The summed E-state index contributed by atoms with van der Waals surface area (Å²) < 4.78 is 5.43. The summed E-state index contributed by atoms with van der Waals surface area (Å²) in [6.45, 7) is 5.68. The molecule has 2 fully saturated rings. The topological polar surface area (TPSA) is 67.5 Å². The van der Waals surface area contributed by atoms with Crippen molar-refractivity contribution in [1.29, 1.82) is 0 Å². The molecule has 0 aromatic carbocycles. The molecule has 1 aromatic heterocycles. The molecule has 1 unspecified atom stereocenters. The fraction of sp³-hybridized carbons (Fsp3) is 0.692. The molecule has 104 valence electrons. The van der Waals surface area contributed by atoms with Crippen LogP contribution in [0.4, 0.5) is 11.8 Å². The zero-order valence-corrected chi connectivity index (χ0v) is 11.4. The van der Waals surface area contributed by atoms with Gasteiger partial charge in [0.1, 0.15) is 5.82 Å². The lowest BCUT2D eigenvalue weighted by molar-refractivity contribution is 0.193. The molecular formula is C13H21N5O. The number of aromatic nitrogens is 2. The van der Waals surface area contributed by atoms with Crippen LogP contribution in [0.25, 0.3) is 0 Å². The summed E-state index contributed by atoms with van der Waals surface area (Å²) in [7, 11) is 2.15. The van der Waals surface area contributed by atoms with Crippen molar-refractivity contribution in [2.75, 3.05) is 57.1 Å². The number of ether oxygens (including phenoxy) is 1. The molecule has 0 aliphatic carbocycles. The van der Waals surface area contributed by atoms with Crippen LogP contribution >= 0.6 is 0 Å². The van der Waals surface area contributed by atoms with E-state index in [4.69, 9.17) is 10.5 Å². The Morgan fingerprint density at radius 3 is 2.74 bits per heavy atom. The molecule has 0 saturated carbocycles. The van der Waals surface area contributed by atoms with Gasteiger partial charge in [-0.25, -0.2) is 4.98 Å². The maximum absolute atomic E-state index is 5.86. The third kappa shape index (κ3) is 2.79. The Morgan fingerprint density at radius 1 is 1.26 bits per heavy atom. The largest absolute Gasteiger partial charge is 0.381 e. The van der Waals surface area contributed by atoms with E-state index in [9.17, 15) is 0 Å². The van der Waals surface area contributed by atoms with E-state index in [1.165, 1.54) is 0 Å². The number of nitrogen functional groups attached to an aromatic ring is 1. The van der Waals surface area contributed by atoms with E-state index >= 15 is 0 Å². The van der Waals surface area contributed by atoms with Crippen molar-refractivity contribution in [2.24, 2.45) is 0 Å². The first-order chi connectivity index (χ1) is 9.22. The van der Waals surface area contributed by atoms with Gasteiger partial charge in [0.25, 0.3) is 0 Å². The van der Waals surface area contributed by atoms with Crippen LogP contribution in [0.15, 0.2) is 6.07 Å². The molecule has 0 bridgehead atoms. The van der Waals surface area contributed by atoms with Crippen LogP contribution in [0.2, 0.25) is 0 Å². The fourth-order valence-corrected chi connectivity index (χ4v) is 2.65. The monoisotopic (exact) mass is 263 g/mol. The summed E-state index contributed by atoms with van der Waals surface area (Å²) in [5, 5.41) is 0. The lowest BCUT2D eigenvalue weighted by Crippen LogP contribution is -2.45. The van der Waals surface area contributed by atoms with Crippen LogP contribution in [0.3, 0.4) is 0 Å². The summed E-state index contributed by atoms with van der Waals surface area (Å²) in [6, 6.07) is 2.08. The molecule has 2 saturated heterocycles. The van der Waals surface area contributed by atoms with Crippen molar-refractivity contribution < 1.29 is 4.74 Å². The van der Waals surface area contributed by atoms with E-state index in [0.29, 0.717) is 11.9 Å². The first kappa shape index (κ1) is 12.6. The standard InChI is InChI=1S/C13H21N5O/c1-17-3-5-18(6-4-17)12-8-11(15-13(14)16-12)10-2-7-19-9-10/h8,10H,2-7,9H2,1H3,(H2,14,15,16). The second-order valence-corrected chi connectivity index (χ2v) is 5.36. The Labute approximate surface area is 113 Å². The molecule has 2 aliphatic rings. The zero-order chi connectivity index (χ0) is 13.2. The SMILES string of the molecule is CN1CCN(c2cc(C3CCOC3)nc(N)n2)CC1. The van der Waals surface area contributed by atoms with E-state index in [2.05, 4.69) is 32.9 Å². The van der Waals surface area contributed by atoms with E-state index in [1.54, 1.807) is 0 Å². The van der Waals surface area contributed by atoms with Gasteiger partial charge >= 0.3 is 0 Å². The average Bonchev–Trinajstić information content (AvgIpc) is 2.93. The molecule has 0 amide bonds. The highest BCUT2D eigenvalue weighted by Gasteiger charge is 2.22. The smallest absolute Gasteiger partial charge is 0.222 e. The van der Waals surface area contributed by atoms with Crippen LogP contribution in [-0.2, 0) is 4.74 Å². The van der Waals surface area contributed by atoms with Crippen molar-refractivity contribution >= 4 is 11.8 Å². The lowest BCUT2D eigenvalue weighted by Gasteiger charge is -2.33. The molecule has 2 aliphatic heterocycles. The fourth-order valence-electron chi connectivity index (χ4n) is 2.65. The highest BCUT2D eigenvalue weighted by molar-refractivity contribution is 5.44. The minimum Gasteiger partial charge on any atom is -0.381 e. The Bertz CT molecular complexity index is 439. The minimum absolute atomic E-state index is 0.372. The summed E-state index contributed by atoms with van der Waals surface area (Å²) >= 11 is 0. The number of hydrogen-bond donors (Lipinski definition) is 1. The summed E-state index contributed by atoms with van der Waals surface area (Å²) in [6.07, 6.45) is 1.03. The second kappa shape index (κ2) is 5.30. The summed E-state index contributed by atoms with van der Waals surface area (Å²) in [5.41, 5.74) is 6.89. The van der Waals surface area contributed by atoms with Gasteiger partial charge in [-0.2, -0.15) is 4.98 Å². The number of nitrogens with zero attached hydrogens (tertiary/aromatic N) is 4. The molecule has 2 N–H and O–H groups in total. The predicted octanol–water partition coefficient (Wildman–Crippen LogP) is 0.315. The molecule has 1 aromatic rings. The van der Waals surface area contributed by atoms with Crippen LogP contribution in [-0.4, -0.2) is 61.3 Å². The van der Waals surface area contributed by atoms with Gasteiger partial charge in [0.05, 0.1) is 12.3 Å². The Morgan fingerprint density at radius 2 is 2.05 bits per heavy atom. The molecule has 0 spiro atoms. The molecule has 3 rings (SSSR count). The van der Waals surface area contributed by atoms with E-state index in [0.717, 1.165) is 57.3 Å². The van der Waals surface area contributed by atoms with Crippen LogP contribution in [0.1, 0.15) is 18.0 Å². The van der Waals surface area contributed by atoms with Crippen molar-refractivity contribution in [2.45, 2.75) is 12.3 Å². The van der Waals surface area contributed by atoms with Crippen LogP contribution < -0.4 is 10.6 Å². The third-order valence-electron chi connectivity index (χ3n) is 3.92. The van der Waals surface area contributed by atoms with Crippen molar-refractivity contribution in [3.05, 3.63) is 11.8 Å². The molecule has 6 nitrogen and oxygen atoms in total. The van der Waals surface area contributed by atoms with Gasteiger partial charge in [0.15, 0.2) is 0 Å². The molecule has 1 atom stereocenters. The van der Waals surface area contributed by atoms with Gasteiger partial charge in [-0.15, -0.1) is 0 Å². The van der Waals surface area contributed by atoms with Gasteiger partial charge in [-0.3, -0.25) is 0 Å². The lowest BCUT2D eigenvalue weighted by atomic mass is 10.0. The zero-order valence-electron chi connectivity index (χ0n) is 11.4. The van der Waals surface area contributed by atoms with Gasteiger partial charge in [0, 0.05) is 44.8 Å². The van der Waals surface area contributed by atoms with Gasteiger partial charge < -0.3 is 20.3 Å². The van der Waals surface area contributed by atoms with Crippen molar-refractivity contribution in [3.63, 3.8) is 0 Å². The molecule has 3 heterocycles. The van der Waals surface area contributed by atoms with Crippen LogP contribution in [0, 0.1) is 0 Å². The van der Waals surface area contributed by atoms with E-state index < -0.39 is 0 Å². The number of piperazine rings is 1. The van der Waals surface area contributed by atoms with Crippen molar-refractivity contribution in [1.82, 2.24) is 14.9 Å². The highest BCUT2D eigenvalue weighted by atomic mass is 16.5. The maximum atomic E-state index is 5.86. The molecular weight excluding hydrogens is 242 g/mol. The average molecular weight is 263 g/mol. The quantitative estimate of drug-likeness (QED) is 0.828. The molecule has 0 radical (unpaired) electrons. The third-order valence-corrected chi connectivity index (χ3v) is 3.92. The first-order valence-electron chi connectivity index (χ1n) is 6.88. The summed E-state index contributed by atoms with van der Waals surface area (Å²) in [5.74, 6) is 1.71. The Kier molecular flexibility index (Phi) is 3.52. The van der Waals surface area contributed by atoms with Crippen molar-refractivity contribution in [3.8, 4) is 0 Å². The highest BCUT2D eigenvalue weighted by Crippen LogP contribution is 2.26. The maximum Gasteiger partial charge on any atom is 0.222 e. The second-order valence-electron chi connectivity index (χ2n) is 5.36.